The number of benzene rings is 1. The highest BCUT2D eigenvalue weighted by Gasteiger charge is 2.32. The van der Waals surface area contributed by atoms with Gasteiger partial charge in [0, 0.05) is 18.7 Å². The molecule has 0 radical (unpaired) electrons. The van der Waals surface area contributed by atoms with Crippen molar-refractivity contribution in [3.8, 4) is 5.75 Å². The van der Waals surface area contributed by atoms with Gasteiger partial charge in [0.1, 0.15) is 11.8 Å². The van der Waals surface area contributed by atoms with Gasteiger partial charge in [-0.3, -0.25) is 4.79 Å². The topological polar surface area (TPSA) is 59.6 Å². The lowest BCUT2D eigenvalue weighted by molar-refractivity contribution is -0.274. The Hall–Kier alpha value is -1.51. The van der Waals surface area contributed by atoms with E-state index >= 15 is 0 Å². The quantitative estimate of drug-likeness (QED) is 0.874. The largest absolute Gasteiger partial charge is 0.573 e. The number of hydrogen-bond donors (Lipinski definition) is 2. The van der Waals surface area contributed by atoms with Gasteiger partial charge in [-0.1, -0.05) is 18.2 Å². The average Bonchev–Trinajstić information content (AvgIpc) is 2.45. The van der Waals surface area contributed by atoms with Gasteiger partial charge in [0.25, 0.3) is 0 Å². The second-order valence-corrected chi connectivity index (χ2v) is 4.45. The van der Waals surface area contributed by atoms with E-state index in [2.05, 4.69) is 15.4 Å². The zero-order chi connectivity index (χ0) is 15.3. The Morgan fingerprint density at radius 2 is 2.14 bits per heavy atom. The van der Waals surface area contributed by atoms with Crippen LogP contribution in [0.25, 0.3) is 0 Å². The minimum atomic E-state index is -4.77. The third-order valence-electron chi connectivity index (χ3n) is 2.89. The molecule has 1 saturated heterocycles. The Kier molecular flexibility index (Phi) is 6.92. The molecule has 0 bridgehead atoms. The van der Waals surface area contributed by atoms with Crippen molar-refractivity contribution in [2.24, 2.45) is 0 Å². The molecule has 0 aromatic heterocycles. The molecule has 2 N–H and O–H groups in total. The predicted molar refractivity (Wildman–Crippen MR) is 74.8 cm³/mol. The summed E-state index contributed by atoms with van der Waals surface area (Å²) in [6.07, 6.45) is -4.77. The van der Waals surface area contributed by atoms with Crippen LogP contribution in [-0.2, 0) is 16.1 Å². The molecule has 1 aromatic carbocycles. The number of hydrogen-bond acceptors (Lipinski definition) is 4. The fourth-order valence-corrected chi connectivity index (χ4v) is 1.91. The molecule has 22 heavy (non-hydrogen) atoms. The molecular formula is C13H16ClF3N2O3. The zero-order valence-electron chi connectivity index (χ0n) is 11.5. The first-order valence-electron chi connectivity index (χ1n) is 6.38. The van der Waals surface area contributed by atoms with Crippen LogP contribution in [0.5, 0.6) is 5.75 Å². The molecule has 1 heterocycles. The van der Waals surface area contributed by atoms with Gasteiger partial charge in [-0.2, -0.15) is 0 Å². The summed E-state index contributed by atoms with van der Waals surface area (Å²) in [5, 5.41) is 5.53. The van der Waals surface area contributed by atoms with E-state index in [0.717, 1.165) is 0 Å². The van der Waals surface area contributed by atoms with Crippen molar-refractivity contribution >= 4 is 18.3 Å². The molecule has 1 aliphatic heterocycles. The van der Waals surface area contributed by atoms with Crippen molar-refractivity contribution in [2.45, 2.75) is 18.9 Å². The van der Waals surface area contributed by atoms with E-state index in [1.807, 2.05) is 0 Å². The number of alkyl halides is 3. The van der Waals surface area contributed by atoms with Crippen molar-refractivity contribution in [1.82, 2.24) is 10.6 Å². The number of carbonyl (C=O) groups excluding carboxylic acids is 1. The molecule has 0 spiro atoms. The van der Waals surface area contributed by atoms with Crippen LogP contribution >= 0.6 is 12.4 Å². The number of morpholine rings is 1. The van der Waals surface area contributed by atoms with Crippen molar-refractivity contribution in [3.63, 3.8) is 0 Å². The fraction of sp³-hybridized carbons (Fsp3) is 0.462. The van der Waals surface area contributed by atoms with E-state index in [4.69, 9.17) is 4.74 Å². The monoisotopic (exact) mass is 340 g/mol. The van der Waals surface area contributed by atoms with E-state index in [9.17, 15) is 18.0 Å². The van der Waals surface area contributed by atoms with E-state index < -0.39 is 12.4 Å². The maximum atomic E-state index is 12.3. The summed E-state index contributed by atoms with van der Waals surface area (Å²) in [5.41, 5.74) is 0.250. The van der Waals surface area contributed by atoms with Gasteiger partial charge < -0.3 is 20.1 Å². The lowest BCUT2D eigenvalue weighted by Crippen LogP contribution is -2.51. The number of amides is 1. The first-order valence-corrected chi connectivity index (χ1v) is 6.38. The highest BCUT2D eigenvalue weighted by atomic mass is 35.5. The third-order valence-corrected chi connectivity index (χ3v) is 2.89. The first kappa shape index (κ1) is 18.5. The number of halogens is 4. The van der Waals surface area contributed by atoms with Crippen LogP contribution in [0.15, 0.2) is 24.3 Å². The Balaban J connectivity index is 0.00000242. The summed E-state index contributed by atoms with van der Waals surface area (Å²) in [7, 11) is 0. The summed E-state index contributed by atoms with van der Waals surface area (Å²) in [6, 6.07) is 5.19. The lowest BCUT2D eigenvalue weighted by Gasteiger charge is -2.23. The van der Waals surface area contributed by atoms with Gasteiger partial charge in [-0.15, -0.1) is 25.6 Å². The smallest absolute Gasteiger partial charge is 0.405 e. The zero-order valence-corrected chi connectivity index (χ0v) is 12.3. The molecule has 0 aliphatic carbocycles. The van der Waals surface area contributed by atoms with Gasteiger partial charge in [0.15, 0.2) is 0 Å². The molecule has 124 valence electrons. The van der Waals surface area contributed by atoms with Crippen molar-refractivity contribution in [2.75, 3.05) is 19.8 Å². The van der Waals surface area contributed by atoms with Crippen molar-refractivity contribution in [3.05, 3.63) is 29.8 Å². The number of nitrogens with one attached hydrogen (secondary N) is 2. The van der Waals surface area contributed by atoms with E-state index in [0.29, 0.717) is 13.2 Å². The van der Waals surface area contributed by atoms with Crippen LogP contribution in [0.1, 0.15) is 5.56 Å². The van der Waals surface area contributed by atoms with Gasteiger partial charge in [-0.05, 0) is 6.07 Å². The second kappa shape index (κ2) is 8.21. The Labute approximate surface area is 131 Å². The van der Waals surface area contributed by atoms with E-state index in [-0.39, 0.29) is 42.8 Å². The molecule has 9 heteroatoms. The van der Waals surface area contributed by atoms with Crippen molar-refractivity contribution in [1.29, 1.82) is 0 Å². The molecule has 1 unspecified atom stereocenters. The molecule has 0 saturated carbocycles. The fourth-order valence-electron chi connectivity index (χ4n) is 1.91. The highest BCUT2D eigenvalue weighted by Crippen LogP contribution is 2.26. The molecule has 1 amide bonds. The standard InChI is InChI=1S/C13H15F3N2O3.ClH/c14-13(15,16)21-11-4-2-1-3-9(11)7-18-12(19)10-8-20-6-5-17-10;/h1-4,10,17H,5-8H2,(H,18,19);1H. The maximum absolute atomic E-state index is 12.3. The molecular weight excluding hydrogens is 325 g/mol. The van der Waals surface area contributed by atoms with E-state index in [1.54, 1.807) is 6.07 Å². The number of para-hydroxylation sites is 1. The van der Waals surface area contributed by atoms with E-state index in [1.165, 1.54) is 18.2 Å². The summed E-state index contributed by atoms with van der Waals surface area (Å²) in [6.45, 7) is 1.29. The molecule has 2 rings (SSSR count). The summed E-state index contributed by atoms with van der Waals surface area (Å²) < 4.78 is 45.9. The summed E-state index contributed by atoms with van der Waals surface area (Å²) in [5.74, 6) is -0.644. The van der Waals surface area contributed by atoms with Crippen molar-refractivity contribution < 1.29 is 27.4 Å². The Morgan fingerprint density at radius 3 is 2.77 bits per heavy atom. The summed E-state index contributed by atoms with van der Waals surface area (Å²) >= 11 is 0. The minimum Gasteiger partial charge on any atom is -0.405 e. The first-order chi connectivity index (χ1) is 9.96. The molecule has 1 atom stereocenters. The van der Waals surface area contributed by atoms with Gasteiger partial charge in [0.2, 0.25) is 5.91 Å². The predicted octanol–water partition coefficient (Wildman–Crippen LogP) is 1.61. The average molecular weight is 341 g/mol. The number of rotatable bonds is 4. The van der Waals surface area contributed by atoms with Gasteiger partial charge in [0.05, 0.1) is 13.2 Å². The lowest BCUT2D eigenvalue weighted by atomic mass is 10.2. The van der Waals surface area contributed by atoms with Crippen LogP contribution in [0.4, 0.5) is 13.2 Å². The Bertz CT molecular complexity index is 494. The van der Waals surface area contributed by atoms with Crippen LogP contribution < -0.4 is 15.4 Å². The second-order valence-electron chi connectivity index (χ2n) is 4.45. The molecule has 1 fully saturated rings. The normalized spacial score (nSPS) is 18.2. The van der Waals surface area contributed by atoms with Gasteiger partial charge in [-0.25, -0.2) is 0 Å². The van der Waals surface area contributed by atoms with Crippen LogP contribution in [0.2, 0.25) is 0 Å². The number of carbonyl (C=O) groups is 1. The third kappa shape index (κ3) is 5.70. The highest BCUT2D eigenvalue weighted by molar-refractivity contribution is 5.85. The van der Waals surface area contributed by atoms with Crippen LogP contribution in [0.3, 0.4) is 0 Å². The molecule has 1 aliphatic rings. The SMILES string of the molecule is Cl.O=C(NCc1ccccc1OC(F)(F)F)C1COCCN1. The maximum Gasteiger partial charge on any atom is 0.573 e. The number of ether oxygens (including phenoxy) is 2. The Morgan fingerprint density at radius 1 is 1.41 bits per heavy atom. The van der Waals surface area contributed by atoms with Gasteiger partial charge >= 0.3 is 6.36 Å². The minimum absolute atomic E-state index is 0. The van der Waals surface area contributed by atoms with Crippen LogP contribution in [0, 0.1) is 0 Å². The summed E-state index contributed by atoms with van der Waals surface area (Å²) in [4.78, 5) is 11.9. The molecule has 1 aromatic rings. The van der Waals surface area contributed by atoms with Crippen LogP contribution in [-0.4, -0.2) is 38.1 Å². The molecule has 5 nitrogen and oxygen atoms in total.